The zero-order valence-electron chi connectivity index (χ0n) is 11.5. The molecule has 0 heterocycles. The van der Waals surface area contributed by atoms with Crippen molar-refractivity contribution in [2.75, 3.05) is 0 Å². The first-order chi connectivity index (χ1) is 9.72. The van der Waals surface area contributed by atoms with Crippen molar-refractivity contribution < 1.29 is 0 Å². The van der Waals surface area contributed by atoms with Crippen molar-refractivity contribution in [1.82, 2.24) is 0 Å². The molecule has 0 unspecified atom stereocenters. The molecule has 4 aliphatic rings. The number of aryl methyl sites for hydroxylation is 4. The van der Waals surface area contributed by atoms with Crippen molar-refractivity contribution in [2.24, 2.45) is 0 Å². The van der Waals surface area contributed by atoms with Gasteiger partial charge in [0.2, 0.25) is 0 Å². The van der Waals surface area contributed by atoms with E-state index in [4.69, 9.17) is 23.2 Å². The lowest BCUT2D eigenvalue weighted by Gasteiger charge is -2.11. The van der Waals surface area contributed by atoms with Crippen LogP contribution in [0.3, 0.4) is 0 Å². The zero-order valence-corrected chi connectivity index (χ0v) is 13.0. The number of hydrogen-bond acceptors (Lipinski definition) is 0. The fraction of sp³-hybridized carbons (Fsp3) is 0.333. The predicted molar refractivity (Wildman–Crippen MR) is 87.0 cm³/mol. The Morgan fingerprint density at radius 3 is 1.50 bits per heavy atom. The Morgan fingerprint density at radius 1 is 0.600 bits per heavy atom. The van der Waals surface area contributed by atoms with Gasteiger partial charge in [0.1, 0.15) is 0 Å². The van der Waals surface area contributed by atoms with Crippen molar-refractivity contribution in [3.8, 4) is 0 Å². The van der Waals surface area contributed by atoms with E-state index >= 15 is 0 Å². The van der Waals surface area contributed by atoms with Crippen LogP contribution in [0.2, 0.25) is 10.0 Å². The molecule has 0 saturated heterocycles. The molecule has 2 aromatic carbocycles. The lowest BCUT2D eigenvalue weighted by molar-refractivity contribution is 0.800. The van der Waals surface area contributed by atoms with Gasteiger partial charge in [0, 0.05) is 10.0 Å². The molecule has 0 radical (unpaired) electrons. The average molecular weight is 305 g/mol. The van der Waals surface area contributed by atoms with Crippen molar-refractivity contribution >= 4 is 23.2 Å². The molecule has 6 rings (SSSR count). The number of rotatable bonds is 0. The van der Waals surface area contributed by atoms with Crippen LogP contribution in [-0.4, -0.2) is 0 Å². The van der Waals surface area contributed by atoms with Crippen LogP contribution in [0.1, 0.15) is 35.1 Å². The van der Waals surface area contributed by atoms with Gasteiger partial charge in [-0.15, -0.1) is 0 Å². The maximum Gasteiger partial charge on any atom is 0.0440 e. The van der Waals surface area contributed by atoms with Crippen molar-refractivity contribution in [3.63, 3.8) is 0 Å². The van der Waals surface area contributed by atoms with Gasteiger partial charge in [-0.3, -0.25) is 0 Å². The van der Waals surface area contributed by atoms with E-state index in [9.17, 15) is 0 Å². The minimum atomic E-state index is 0.916. The smallest absolute Gasteiger partial charge is 0.0440 e. The maximum atomic E-state index is 6.38. The van der Waals surface area contributed by atoms with Crippen LogP contribution in [-0.2, 0) is 25.7 Å². The Hall–Kier alpha value is -0.980. The highest BCUT2D eigenvalue weighted by Gasteiger charge is 2.07. The van der Waals surface area contributed by atoms with Crippen LogP contribution in [0.15, 0.2) is 36.4 Å². The number of hydrogen-bond donors (Lipinski definition) is 0. The van der Waals surface area contributed by atoms with Crippen molar-refractivity contribution in [3.05, 3.63) is 68.7 Å². The van der Waals surface area contributed by atoms with E-state index < -0.39 is 0 Å². The fourth-order valence-electron chi connectivity index (χ4n) is 2.86. The highest BCUT2D eigenvalue weighted by molar-refractivity contribution is 6.31. The summed E-state index contributed by atoms with van der Waals surface area (Å²) in [5.74, 6) is 0. The summed E-state index contributed by atoms with van der Waals surface area (Å²) in [6, 6.07) is 13.1. The summed E-state index contributed by atoms with van der Waals surface area (Å²) < 4.78 is 0. The molecule has 0 spiro atoms. The first-order valence-electron chi connectivity index (χ1n) is 7.27. The van der Waals surface area contributed by atoms with E-state index in [-0.39, 0.29) is 0 Å². The zero-order chi connectivity index (χ0) is 13.9. The van der Waals surface area contributed by atoms with Crippen molar-refractivity contribution in [1.29, 1.82) is 0 Å². The average Bonchev–Trinajstić information content (AvgIpc) is 2.43. The van der Waals surface area contributed by atoms with Gasteiger partial charge >= 0.3 is 0 Å². The highest BCUT2D eigenvalue weighted by Crippen LogP contribution is 2.25. The molecule has 4 aliphatic carbocycles. The summed E-state index contributed by atoms with van der Waals surface area (Å²) >= 11 is 12.8. The Morgan fingerprint density at radius 2 is 1.05 bits per heavy atom. The quantitative estimate of drug-likeness (QED) is 0.589. The van der Waals surface area contributed by atoms with E-state index in [1.807, 2.05) is 0 Å². The van der Waals surface area contributed by atoms with Crippen LogP contribution < -0.4 is 0 Å². The molecule has 104 valence electrons. The number of halogens is 2. The molecular formula is C18H18Cl2. The summed E-state index contributed by atoms with van der Waals surface area (Å²) in [6.45, 7) is 0. The third-order valence-electron chi connectivity index (χ3n) is 4.06. The van der Waals surface area contributed by atoms with E-state index in [0.29, 0.717) is 0 Å². The minimum absolute atomic E-state index is 0.916. The maximum absolute atomic E-state index is 6.38. The molecule has 0 aromatic heterocycles. The molecule has 2 aromatic rings. The van der Waals surface area contributed by atoms with E-state index in [1.165, 1.54) is 22.3 Å². The van der Waals surface area contributed by atoms with Gasteiger partial charge in [-0.2, -0.15) is 0 Å². The van der Waals surface area contributed by atoms with E-state index in [0.717, 1.165) is 48.6 Å². The van der Waals surface area contributed by atoms with Gasteiger partial charge in [-0.25, -0.2) is 0 Å². The lowest BCUT2D eigenvalue weighted by Crippen LogP contribution is -1.97. The SMILES string of the molecule is Clc1cc2ccc1CCCc1ccc(cc1Cl)CCC2. The van der Waals surface area contributed by atoms with Gasteiger partial charge in [0.05, 0.1) is 0 Å². The largest absolute Gasteiger partial charge is 0.0840 e. The summed E-state index contributed by atoms with van der Waals surface area (Å²) in [4.78, 5) is 0. The van der Waals surface area contributed by atoms with Gasteiger partial charge in [0.15, 0.2) is 0 Å². The first-order valence-corrected chi connectivity index (χ1v) is 8.02. The Balaban J connectivity index is 1.89. The van der Waals surface area contributed by atoms with Gasteiger partial charge < -0.3 is 0 Å². The van der Waals surface area contributed by atoms with Gasteiger partial charge in [-0.05, 0) is 72.9 Å². The number of benzene rings is 2. The van der Waals surface area contributed by atoms with E-state index in [1.54, 1.807) is 0 Å². The predicted octanol–water partition coefficient (Wildman–Crippen LogP) is 5.66. The monoisotopic (exact) mass is 304 g/mol. The molecule has 0 atom stereocenters. The molecule has 2 heteroatoms. The molecule has 0 saturated carbocycles. The second-order valence-electron chi connectivity index (χ2n) is 5.56. The summed E-state index contributed by atoms with van der Waals surface area (Å²) in [7, 11) is 0. The molecule has 0 N–H and O–H groups in total. The molecule has 0 fully saturated rings. The second kappa shape index (κ2) is 6.20. The molecular weight excluding hydrogens is 287 g/mol. The lowest BCUT2D eigenvalue weighted by atomic mass is 9.97. The first kappa shape index (κ1) is 14.0. The molecule has 0 nitrogen and oxygen atoms in total. The third-order valence-corrected chi connectivity index (χ3v) is 4.76. The Kier molecular flexibility index (Phi) is 4.33. The van der Waals surface area contributed by atoms with Crippen LogP contribution in [0.5, 0.6) is 0 Å². The van der Waals surface area contributed by atoms with Gasteiger partial charge in [-0.1, -0.05) is 47.5 Å². The summed E-state index contributed by atoms with van der Waals surface area (Å²) in [6.07, 6.45) is 6.37. The normalized spacial score (nSPS) is 15.3. The topological polar surface area (TPSA) is 0 Å². The van der Waals surface area contributed by atoms with Crippen LogP contribution in [0, 0.1) is 0 Å². The Bertz CT molecular complexity index is 563. The van der Waals surface area contributed by atoms with Gasteiger partial charge in [0.25, 0.3) is 0 Å². The minimum Gasteiger partial charge on any atom is -0.0840 e. The van der Waals surface area contributed by atoms with Crippen molar-refractivity contribution in [2.45, 2.75) is 38.5 Å². The standard InChI is InChI=1S/C18H18Cl2/c19-17-11-13-3-1-4-14-8-10-16(18(20)12-14)6-2-5-15(17)9-7-13/h7-12H,1-6H2. The van der Waals surface area contributed by atoms with E-state index in [2.05, 4.69) is 36.4 Å². The highest BCUT2D eigenvalue weighted by atomic mass is 35.5. The molecule has 0 amide bonds. The Labute approximate surface area is 130 Å². The summed E-state index contributed by atoms with van der Waals surface area (Å²) in [5.41, 5.74) is 5.16. The van der Waals surface area contributed by atoms with Crippen LogP contribution >= 0.6 is 23.2 Å². The molecule has 0 aliphatic heterocycles. The van der Waals surface area contributed by atoms with Crippen LogP contribution in [0.25, 0.3) is 0 Å². The molecule has 20 heavy (non-hydrogen) atoms. The second-order valence-corrected chi connectivity index (χ2v) is 6.37. The summed E-state index contributed by atoms with van der Waals surface area (Å²) in [5, 5.41) is 1.83. The third kappa shape index (κ3) is 3.19. The van der Waals surface area contributed by atoms with Crippen LogP contribution in [0.4, 0.5) is 0 Å². The fourth-order valence-corrected chi connectivity index (χ4v) is 3.46. The molecule has 4 bridgehead atoms.